The summed E-state index contributed by atoms with van der Waals surface area (Å²) in [5.41, 5.74) is -2.48. The third-order valence-corrected chi connectivity index (χ3v) is 8.94. The first-order chi connectivity index (χ1) is 24.8. The fraction of sp³-hybridized carbons (Fsp3) is 0.324. The number of hydrogen-bond acceptors (Lipinski definition) is 9. The molecule has 3 heterocycles. The van der Waals surface area contributed by atoms with Crippen molar-refractivity contribution < 1.29 is 36.2 Å². The van der Waals surface area contributed by atoms with Crippen molar-refractivity contribution in [3.63, 3.8) is 0 Å². The van der Waals surface area contributed by atoms with Crippen LogP contribution in [0.1, 0.15) is 22.3 Å². The minimum absolute atomic E-state index is 0.0501. The molecule has 0 fully saturated rings. The summed E-state index contributed by atoms with van der Waals surface area (Å²) in [5.74, 6) is -1.79. The average Bonchev–Trinajstić information content (AvgIpc) is 3.29. The Balaban J connectivity index is 1.57. The van der Waals surface area contributed by atoms with E-state index in [2.05, 4.69) is 15.0 Å². The number of ether oxygens (including phenoxy) is 3. The van der Waals surface area contributed by atoms with E-state index in [1.54, 1.807) is 34.1 Å². The molecule has 0 spiro atoms. The van der Waals surface area contributed by atoms with Crippen LogP contribution in [0.15, 0.2) is 54.6 Å². The number of aromatic nitrogens is 3. The highest BCUT2D eigenvalue weighted by molar-refractivity contribution is 6.29. The van der Waals surface area contributed by atoms with Crippen molar-refractivity contribution >= 4 is 34.1 Å². The van der Waals surface area contributed by atoms with Crippen LogP contribution in [0.5, 0.6) is 17.2 Å². The van der Waals surface area contributed by atoms with Gasteiger partial charge in [0.15, 0.2) is 17.4 Å². The van der Waals surface area contributed by atoms with Gasteiger partial charge >= 0.3 is 6.18 Å². The first-order valence-corrected chi connectivity index (χ1v) is 16.7. The monoisotopic (exact) mass is 742 g/mol. The molecule has 9 nitrogen and oxygen atoms in total. The normalized spacial score (nSPS) is 13.0. The molecule has 0 bridgehead atoms. The molecule has 274 valence electrons. The Morgan fingerprint density at radius 3 is 2.02 bits per heavy atom. The molecule has 2 aromatic heterocycles. The van der Waals surface area contributed by atoms with Gasteiger partial charge in [0.1, 0.15) is 35.3 Å². The van der Waals surface area contributed by atoms with Crippen LogP contribution in [-0.4, -0.2) is 74.4 Å². The van der Waals surface area contributed by atoms with Gasteiger partial charge in [0.05, 0.1) is 43.0 Å². The van der Waals surface area contributed by atoms with Crippen molar-refractivity contribution in [3.8, 4) is 28.5 Å². The van der Waals surface area contributed by atoms with Crippen LogP contribution in [-0.2, 0) is 19.3 Å². The highest BCUT2D eigenvalue weighted by Gasteiger charge is 2.40. The van der Waals surface area contributed by atoms with E-state index in [1.165, 1.54) is 27.2 Å². The highest BCUT2D eigenvalue weighted by Crippen LogP contribution is 2.47. The Morgan fingerprint density at radius 1 is 0.885 bits per heavy atom. The number of aryl methyl sites for hydroxylation is 1. The second-order valence-electron chi connectivity index (χ2n) is 12.6. The zero-order valence-electron chi connectivity index (χ0n) is 29.1. The lowest BCUT2D eigenvalue weighted by Gasteiger charge is -2.27. The van der Waals surface area contributed by atoms with Gasteiger partial charge in [0.2, 0.25) is 5.28 Å². The summed E-state index contributed by atoms with van der Waals surface area (Å²) in [7, 11) is 6.81. The van der Waals surface area contributed by atoms with Gasteiger partial charge in [-0.2, -0.15) is 18.2 Å². The molecular weight excluding hydrogens is 707 g/mol. The molecule has 0 aliphatic carbocycles. The lowest BCUT2D eigenvalue weighted by Crippen LogP contribution is -2.34. The van der Waals surface area contributed by atoms with Gasteiger partial charge in [0.25, 0.3) is 0 Å². The number of halogens is 6. The maximum Gasteiger partial charge on any atom is 0.418 e. The number of methoxy groups -OCH3 is 2. The maximum absolute atomic E-state index is 16.8. The van der Waals surface area contributed by atoms with E-state index < -0.39 is 45.9 Å². The minimum atomic E-state index is -5.04. The van der Waals surface area contributed by atoms with Gasteiger partial charge in [-0.1, -0.05) is 24.3 Å². The Kier molecular flexibility index (Phi) is 10.6. The summed E-state index contributed by atoms with van der Waals surface area (Å²) < 4.78 is 94.8. The van der Waals surface area contributed by atoms with Crippen LogP contribution in [0.25, 0.3) is 22.2 Å². The summed E-state index contributed by atoms with van der Waals surface area (Å²) in [4.78, 5) is 18.1. The molecule has 0 N–H and O–H groups in total. The molecule has 3 aromatic carbocycles. The topological polar surface area (TPSA) is 76.1 Å². The first kappa shape index (κ1) is 36.8. The van der Waals surface area contributed by atoms with Gasteiger partial charge in [-0.15, -0.1) is 0 Å². The van der Waals surface area contributed by atoms with Crippen LogP contribution in [0.4, 0.5) is 33.6 Å². The fourth-order valence-electron chi connectivity index (χ4n) is 6.18. The summed E-state index contributed by atoms with van der Waals surface area (Å²) in [6.45, 7) is 2.73. The number of alkyl halides is 3. The van der Waals surface area contributed by atoms with Gasteiger partial charge in [-0.3, -0.25) is 0 Å². The molecule has 52 heavy (non-hydrogen) atoms. The third kappa shape index (κ3) is 7.49. The van der Waals surface area contributed by atoms with Crippen molar-refractivity contribution in [3.05, 3.63) is 93.8 Å². The lowest BCUT2D eigenvalue weighted by molar-refractivity contribution is -0.137. The number of pyridine rings is 1. The van der Waals surface area contributed by atoms with E-state index in [1.807, 2.05) is 43.3 Å². The molecule has 0 saturated carbocycles. The van der Waals surface area contributed by atoms with Crippen molar-refractivity contribution in [2.75, 3.05) is 64.4 Å². The van der Waals surface area contributed by atoms with E-state index in [4.69, 9.17) is 25.8 Å². The molecule has 15 heteroatoms. The van der Waals surface area contributed by atoms with Crippen molar-refractivity contribution in [1.82, 2.24) is 19.9 Å². The molecule has 0 saturated heterocycles. The molecule has 0 radical (unpaired) electrons. The average molecular weight is 743 g/mol. The second kappa shape index (κ2) is 15.0. The number of benzene rings is 3. The Hall–Kier alpha value is -4.95. The Labute approximate surface area is 302 Å². The highest BCUT2D eigenvalue weighted by atomic mass is 35.5. The SMILES string of the molecule is COc1ccc(CN(Cc2ccc(OC)cc2)c2cc(C)c(C(F)(F)F)c(-c3c(F)c4c5c(nc(Cl)nc5c3F)N(CCN(C)C)CCO4)n2)cc1. The van der Waals surface area contributed by atoms with Gasteiger partial charge in [-0.05, 0) is 79.6 Å². The minimum Gasteiger partial charge on any atom is -0.497 e. The Morgan fingerprint density at radius 2 is 1.48 bits per heavy atom. The van der Waals surface area contributed by atoms with E-state index in [0.29, 0.717) is 24.6 Å². The van der Waals surface area contributed by atoms with E-state index in [-0.39, 0.29) is 54.1 Å². The predicted molar refractivity (Wildman–Crippen MR) is 190 cm³/mol. The lowest BCUT2D eigenvalue weighted by atomic mass is 9.97. The molecule has 1 aliphatic heterocycles. The third-order valence-electron chi connectivity index (χ3n) is 8.77. The van der Waals surface area contributed by atoms with Crippen LogP contribution >= 0.6 is 11.6 Å². The summed E-state index contributed by atoms with van der Waals surface area (Å²) >= 11 is 6.28. The first-order valence-electron chi connectivity index (χ1n) is 16.3. The molecule has 0 atom stereocenters. The summed E-state index contributed by atoms with van der Waals surface area (Å²) in [5, 5.41) is -0.484. The smallest absolute Gasteiger partial charge is 0.418 e. The van der Waals surface area contributed by atoms with E-state index in [9.17, 15) is 13.2 Å². The number of nitrogens with zero attached hydrogens (tertiary/aromatic N) is 6. The van der Waals surface area contributed by atoms with Crippen LogP contribution in [0, 0.1) is 18.6 Å². The maximum atomic E-state index is 16.8. The molecule has 6 rings (SSSR count). The number of anilines is 2. The van der Waals surface area contributed by atoms with E-state index in [0.717, 1.165) is 11.1 Å². The molecule has 1 aliphatic rings. The van der Waals surface area contributed by atoms with Crippen LogP contribution in [0.3, 0.4) is 0 Å². The molecule has 5 aromatic rings. The zero-order chi connectivity index (χ0) is 37.3. The standard InChI is InChI=1S/C37H36ClF5N6O3/c1-21-18-26(49(19-22-6-10-24(50-4)11-7-22)20-23-8-12-25(51-5)13-9-23)44-32(29(21)37(41,42)43)27-30(39)33-28-34(31(27)40)52-17-16-48(15-14-47(2)3)35(28)46-36(38)45-33/h6-13,18H,14-17,19-20H2,1-5H3. The van der Waals surface area contributed by atoms with E-state index >= 15 is 8.78 Å². The zero-order valence-corrected chi connectivity index (χ0v) is 29.9. The largest absolute Gasteiger partial charge is 0.497 e. The van der Waals surface area contributed by atoms with Crippen LogP contribution in [0.2, 0.25) is 5.28 Å². The van der Waals surface area contributed by atoms with Crippen molar-refractivity contribution in [2.24, 2.45) is 0 Å². The molecule has 0 amide bonds. The Bertz CT molecular complexity index is 2030. The predicted octanol–water partition coefficient (Wildman–Crippen LogP) is 7.94. The fourth-order valence-corrected chi connectivity index (χ4v) is 6.34. The van der Waals surface area contributed by atoms with Gasteiger partial charge < -0.3 is 28.9 Å². The van der Waals surface area contributed by atoms with Crippen molar-refractivity contribution in [2.45, 2.75) is 26.2 Å². The second-order valence-corrected chi connectivity index (χ2v) is 12.9. The van der Waals surface area contributed by atoms with Gasteiger partial charge in [-0.25, -0.2) is 18.7 Å². The quantitative estimate of drug-likeness (QED) is 0.0991. The number of hydrogen-bond donors (Lipinski definition) is 0. The molecule has 0 unspecified atom stereocenters. The van der Waals surface area contributed by atoms with Crippen molar-refractivity contribution in [1.29, 1.82) is 0 Å². The summed E-state index contributed by atoms with van der Waals surface area (Å²) in [6.07, 6.45) is -5.04. The summed E-state index contributed by atoms with van der Waals surface area (Å²) in [6, 6.07) is 15.6. The number of rotatable bonds is 11. The number of likely N-dealkylation sites (N-methyl/N-ethyl adjacent to an activating group) is 1. The van der Waals surface area contributed by atoms with Gasteiger partial charge in [0, 0.05) is 26.2 Å². The molecular formula is C37H36ClF5N6O3. The van der Waals surface area contributed by atoms with Crippen LogP contribution < -0.4 is 24.0 Å².